The van der Waals surface area contributed by atoms with Gasteiger partial charge in [-0.25, -0.2) is 0 Å². The molecule has 1 N–H and O–H groups in total. The highest BCUT2D eigenvalue weighted by atomic mass is 35.5. The first-order valence-corrected chi connectivity index (χ1v) is 12.1. The molecule has 0 spiro atoms. The van der Waals surface area contributed by atoms with Crippen LogP contribution < -0.4 is 19.5 Å². The van der Waals surface area contributed by atoms with Crippen LogP contribution in [0.5, 0.6) is 17.2 Å². The third kappa shape index (κ3) is 5.17. The SMILES string of the molecule is O=C(COc1ccccc1C=C1SC(=O)N(Cc2cc3c(cc2Cl)OCO3)C1=O)Nc1ccccc1. The summed E-state index contributed by atoms with van der Waals surface area (Å²) < 4.78 is 16.4. The molecule has 2 heterocycles. The van der Waals surface area contributed by atoms with Crippen LogP contribution in [0.25, 0.3) is 6.08 Å². The molecule has 10 heteroatoms. The van der Waals surface area contributed by atoms with Gasteiger partial charge in [0, 0.05) is 22.3 Å². The summed E-state index contributed by atoms with van der Waals surface area (Å²) in [5, 5.41) is 2.70. The normalized spacial score (nSPS) is 15.5. The van der Waals surface area contributed by atoms with Gasteiger partial charge in [-0.15, -0.1) is 0 Å². The third-order valence-electron chi connectivity index (χ3n) is 5.37. The summed E-state index contributed by atoms with van der Waals surface area (Å²) in [6.45, 7) is -0.131. The summed E-state index contributed by atoms with van der Waals surface area (Å²) in [4.78, 5) is 39.3. The van der Waals surface area contributed by atoms with Crippen LogP contribution in [0.3, 0.4) is 0 Å². The van der Waals surface area contributed by atoms with Gasteiger partial charge in [0.15, 0.2) is 18.1 Å². The second-order valence-corrected chi connectivity index (χ2v) is 9.21. The Bertz CT molecular complexity index is 1380. The number of anilines is 1. The lowest BCUT2D eigenvalue weighted by Gasteiger charge is -2.14. The van der Waals surface area contributed by atoms with E-state index in [1.165, 1.54) is 0 Å². The van der Waals surface area contributed by atoms with Crippen LogP contribution in [-0.4, -0.2) is 35.4 Å². The Morgan fingerprint density at radius 3 is 2.58 bits per heavy atom. The number of fused-ring (bicyclic) bond motifs is 1. The summed E-state index contributed by atoms with van der Waals surface area (Å²) in [6, 6.07) is 19.3. The number of rotatable bonds is 7. The van der Waals surface area contributed by atoms with E-state index in [0.717, 1.165) is 16.7 Å². The Balaban J connectivity index is 1.28. The van der Waals surface area contributed by atoms with Gasteiger partial charge in [-0.05, 0) is 47.7 Å². The Hall–Kier alpha value is -3.95. The number of halogens is 1. The monoisotopic (exact) mass is 522 g/mol. The van der Waals surface area contributed by atoms with E-state index in [0.29, 0.717) is 39.1 Å². The number of nitrogens with zero attached hydrogens (tertiary/aromatic N) is 1. The first-order valence-electron chi connectivity index (χ1n) is 10.9. The minimum atomic E-state index is -0.449. The molecule has 0 atom stereocenters. The van der Waals surface area contributed by atoms with Crippen molar-refractivity contribution in [1.29, 1.82) is 0 Å². The molecule has 36 heavy (non-hydrogen) atoms. The molecule has 182 valence electrons. The molecule has 3 amide bonds. The number of benzene rings is 3. The van der Waals surface area contributed by atoms with Gasteiger partial charge in [0.25, 0.3) is 17.1 Å². The first kappa shape index (κ1) is 23.8. The van der Waals surface area contributed by atoms with Crippen molar-refractivity contribution in [3.63, 3.8) is 0 Å². The van der Waals surface area contributed by atoms with Crippen LogP contribution in [0.15, 0.2) is 71.6 Å². The molecule has 1 saturated heterocycles. The number of imide groups is 1. The van der Waals surface area contributed by atoms with Gasteiger partial charge in [-0.3, -0.25) is 19.3 Å². The van der Waals surface area contributed by atoms with E-state index in [1.807, 2.05) is 18.2 Å². The molecule has 2 aliphatic heterocycles. The van der Waals surface area contributed by atoms with Gasteiger partial charge in [-0.1, -0.05) is 48.0 Å². The maximum Gasteiger partial charge on any atom is 0.293 e. The number of hydrogen-bond acceptors (Lipinski definition) is 7. The Morgan fingerprint density at radius 1 is 1.06 bits per heavy atom. The summed E-state index contributed by atoms with van der Waals surface area (Å²) in [6.07, 6.45) is 1.58. The summed E-state index contributed by atoms with van der Waals surface area (Å²) in [5.74, 6) is 0.671. The fourth-order valence-electron chi connectivity index (χ4n) is 3.62. The number of carbonyl (C=O) groups is 3. The van der Waals surface area contributed by atoms with Gasteiger partial charge < -0.3 is 19.5 Å². The molecule has 0 unspecified atom stereocenters. The van der Waals surface area contributed by atoms with Crippen LogP contribution in [-0.2, 0) is 16.1 Å². The average molecular weight is 523 g/mol. The first-order chi connectivity index (χ1) is 17.5. The highest BCUT2D eigenvalue weighted by Gasteiger charge is 2.36. The van der Waals surface area contributed by atoms with Crippen LogP contribution in [0.2, 0.25) is 5.02 Å². The zero-order valence-electron chi connectivity index (χ0n) is 18.7. The van der Waals surface area contributed by atoms with Crippen molar-refractivity contribution in [1.82, 2.24) is 4.90 Å². The standard InChI is InChI=1S/C26H19ClN2O6S/c27-19-12-22-21(34-15-35-22)10-17(19)13-29-25(31)23(36-26(29)32)11-16-6-4-5-9-20(16)33-14-24(30)28-18-7-2-1-3-8-18/h1-12H,13-15H2,(H,28,30). The van der Waals surface area contributed by atoms with Gasteiger partial charge >= 0.3 is 0 Å². The fraction of sp³-hybridized carbons (Fsp3) is 0.115. The smallest absolute Gasteiger partial charge is 0.293 e. The van der Waals surface area contributed by atoms with Crippen molar-refractivity contribution >= 4 is 52.2 Å². The van der Waals surface area contributed by atoms with Crippen LogP contribution in [0, 0.1) is 0 Å². The molecule has 0 aromatic heterocycles. The second kappa shape index (κ2) is 10.3. The molecule has 0 aliphatic carbocycles. The zero-order valence-corrected chi connectivity index (χ0v) is 20.3. The van der Waals surface area contributed by atoms with Crippen molar-refractivity contribution < 1.29 is 28.6 Å². The minimum Gasteiger partial charge on any atom is -0.483 e. The second-order valence-electron chi connectivity index (χ2n) is 7.81. The fourth-order valence-corrected chi connectivity index (χ4v) is 4.66. The number of ether oxygens (including phenoxy) is 3. The molecule has 1 fully saturated rings. The van der Waals surface area contributed by atoms with E-state index in [2.05, 4.69) is 5.32 Å². The van der Waals surface area contributed by atoms with E-state index in [9.17, 15) is 14.4 Å². The molecule has 3 aromatic rings. The Morgan fingerprint density at radius 2 is 1.78 bits per heavy atom. The lowest BCUT2D eigenvalue weighted by molar-refractivity contribution is -0.123. The van der Waals surface area contributed by atoms with Crippen molar-refractivity contribution in [3.05, 3.63) is 87.8 Å². The quantitative estimate of drug-likeness (QED) is 0.419. The number of carbonyl (C=O) groups excluding carboxylic acids is 3. The van der Waals surface area contributed by atoms with Gasteiger partial charge in [0.1, 0.15) is 5.75 Å². The highest BCUT2D eigenvalue weighted by molar-refractivity contribution is 8.18. The van der Waals surface area contributed by atoms with Crippen LogP contribution in [0.1, 0.15) is 11.1 Å². The summed E-state index contributed by atoms with van der Waals surface area (Å²) >= 11 is 7.15. The topological polar surface area (TPSA) is 94.2 Å². The maximum absolute atomic E-state index is 13.1. The van der Waals surface area contributed by atoms with Gasteiger partial charge in [-0.2, -0.15) is 0 Å². The molecular weight excluding hydrogens is 504 g/mol. The van der Waals surface area contributed by atoms with E-state index >= 15 is 0 Å². The molecule has 8 nitrogen and oxygen atoms in total. The van der Waals surface area contributed by atoms with Gasteiger partial charge in [0.05, 0.1) is 11.4 Å². The van der Waals surface area contributed by atoms with E-state index in [-0.39, 0.29) is 30.8 Å². The van der Waals surface area contributed by atoms with Crippen molar-refractivity contribution in [2.45, 2.75) is 6.54 Å². The Labute approximate surface area is 215 Å². The zero-order chi connectivity index (χ0) is 25.1. The number of amides is 3. The lowest BCUT2D eigenvalue weighted by Crippen LogP contribution is -2.27. The number of nitrogens with one attached hydrogen (secondary N) is 1. The van der Waals surface area contributed by atoms with E-state index < -0.39 is 11.1 Å². The summed E-state index contributed by atoms with van der Waals surface area (Å²) in [7, 11) is 0. The van der Waals surface area contributed by atoms with Crippen molar-refractivity contribution in [2.24, 2.45) is 0 Å². The number of thioether (sulfide) groups is 1. The molecule has 0 saturated carbocycles. The summed E-state index contributed by atoms with van der Waals surface area (Å²) in [5.41, 5.74) is 1.80. The largest absolute Gasteiger partial charge is 0.483 e. The molecule has 0 radical (unpaired) electrons. The van der Waals surface area contributed by atoms with Gasteiger partial charge in [0.2, 0.25) is 6.79 Å². The van der Waals surface area contributed by atoms with Crippen LogP contribution >= 0.6 is 23.4 Å². The highest BCUT2D eigenvalue weighted by Crippen LogP contribution is 2.39. The molecule has 0 bridgehead atoms. The van der Waals surface area contributed by atoms with Crippen LogP contribution in [0.4, 0.5) is 10.5 Å². The molecule has 3 aromatic carbocycles. The average Bonchev–Trinajstić information content (AvgIpc) is 3.43. The minimum absolute atomic E-state index is 0.00468. The van der Waals surface area contributed by atoms with Crippen molar-refractivity contribution in [2.75, 3.05) is 18.7 Å². The van der Waals surface area contributed by atoms with E-state index in [4.69, 9.17) is 25.8 Å². The third-order valence-corrected chi connectivity index (χ3v) is 6.62. The molecular formula is C26H19ClN2O6S. The maximum atomic E-state index is 13.1. The predicted octanol–water partition coefficient (Wildman–Crippen LogP) is 5.32. The predicted molar refractivity (Wildman–Crippen MR) is 136 cm³/mol. The molecule has 5 rings (SSSR count). The Kier molecular flexibility index (Phi) is 6.84. The van der Waals surface area contributed by atoms with E-state index in [1.54, 1.807) is 54.6 Å². The number of hydrogen-bond donors (Lipinski definition) is 1. The lowest BCUT2D eigenvalue weighted by atomic mass is 10.1. The van der Waals surface area contributed by atoms with Crippen molar-refractivity contribution in [3.8, 4) is 17.2 Å². The molecule has 2 aliphatic rings. The number of para-hydroxylation sites is 2.